The lowest BCUT2D eigenvalue weighted by atomic mass is 9.95. The molecule has 0 aromatic heterocycles. The van der Waals surface area contributed by atoms with E-state index < -0.39 is 0 Å². The molecule has 76 valence electrons. The zero-order valence-corrected chi connectivity index (χ0v) is 8.75. The minimum absolute atomic E-state index is 0.539. The second-order valence-electron chi connectivity index (χ2n) is 4.85. The highest BCUT2D eigenvalue weighted by Gasteiger charge is 2.40. The van der Waals surface area contributed by atoms with Crippen molar-refractivity contribution in [3.63, 3.8) is 0 Å². The van der Waals surface area contributed by atoms with Gasteiger partial charge in [0.25, 0.3) is 0 Å². The Balaban J connectivity index is 1.66. The zero-order valence-electron chi connectivity index (χ0n) is 8.75. The molecule has 0 aliphatic carbocycles. The van der Waals surface area contributed by atoms with Crippen molar-refractivity contribution in [1.82, 2.24) is 5.32 Å². The van der Waals surface area contributed by atoms with Crippen LogP contribution in [0.4, 0.5) is 0 Å². The topological polar surface area (TPSA) is 21.3 Å². The van der Waals surface area contributed by atoms with Gasteiger partial charge in [0.1, 0.15) is 0 Å². The molecular formula is C11H21NO. The fourth-order valence-electron chi connectivity index (χ4n) is 2.41. The Kier molecular flexibility index (Phi) is 2.89. The summed E-state index contributed by atoms with van der Waals surface area (Å²) in [4.78, 5) is 0. The van der Waals surface area contributed by atoms with Crippen LogP contribution in [0.3, 0.4) is 0 Å². The zero-order chi connectivity index (χ0) is 9.26. The smallest absolute Gasteiger partial charge is 0.0733 e. The highest BCUT2D eigenvalue weighted by atomic mass is 16.5. The molecule has 3 unspecified atom stereocenters. The minimum atomic E-state index is 0.539. The van der Waals surface area contributed by atoms with Gasteiger partial charge in [0.2, 0.25) is 0 Å². The lowest BCUT2D eigenvalue weighted by Crippen LogP contribution is -2.38. The third kappa shape index (κ3) is 2.23. The van der Waals surface area contributed by atoms with Crippen molar-refractivity contribution >= 4 is 0 Å². The number of fused-ring (bicyclic) bond motifs is 2. The highest BCUT2D eigenvalue weighted by Crippen LogP contribution is 2.34. The van der Waals surface area contributed by atoms with Crippen LogP contribution >= 0.6 is 0 Å². The Labute approximate surface area is 81.0 Å². The van der Waals surface area contributed by atoms with Gasteiger partial charge >= 0.3 is 0 Å². The molecule has 2 bridgehead atoms. The Hall–Kier alpha value is -0.0800. The molecule has 2 fully saturated rings. The summed E-state index contributed by atoms with van der Waals surface area (Å²) in [6, 6.07) is 0.664. The largest absolute Gasteiger partial charge is 0.373 e. The Morgan fingerprint density at radius 1 is 1.38 bits per heavy atom. The minimum Gasteiger partial charge on any atom is -0.373 e. The van der Waals surface area contributed by atoms with E-state index in [1.54, 1.807) is 0 Å². The van der Waals surface area contributed by atoms with E-state index in [0.29, 0.717) is 18.2 Å². The van der Waals surface area contributed by atoms with E-state index in [0.717, 1.165) is 12.5 Å². The summed E-state index contributed by atoms with van der Waals surface area (Å²) in [5, 5.41) is 3.62. The van der Waals surface area contributed by atoms with Gasteiger partial charge in [0.05, 0.1) is 12.2 Å². The Morgan fingerprint density at radius 2 is 2.23 bits per heavy atom. The van der Waals surface area contributed by atoms with E-state index in [9.17, 15) is 0 Å². The molecular weight excluding hydrogens is 162 g/mol. The third-order valence-corrected chi connectivity index (χ3v) is 3.23. The molecule has 1 N–H and O–H groups in total. The molecule has 2 aliphatic heterocycles. The third-order valence-electron chi connectivity index (χ3n) is 3.23. The van der Waals surface area contributed by atoms with Crippen LogP contribution in [-0.4, -0.2) is 24.8 Å². The summed E-state index contributed by atoms with van der Waals surface area (Å²) < 4.78 is 5.78. The summed E-state index contributed by atoms with van der Waals surface area (Å²) >= 11 is 0. The van der Waals surface area contributed by atoms with E-state index >= 15 is 0 Å². The molecule has 2 saturated heterocycles. The molecule has 0 spiro atoms. The molecule has 0 aromatic carbocycles. The van der Waals surface area contributed by atoms with Crippen LogP contribution in [0.2, 0.25) is 0 Å². The number of hydrogen-bond acceptors (Lipinski definition) is 2. The normalized spacial score (nSPS) is 37.6. The Morgan fingerprint density at radius 3 is 2.77 bits per heavy atom. The molecule has 2 aliphatic rings. The van der Waals surface area contributed by atoms with Crippen molar-refractivity contribution in [2.24, 2.45) is 5.92 Å². The predicted molar refractivity (Wildman–Crippen MR) is 53.8 cm³/mol. The monoisotopic (exact) mass is 183 g/mol. The first kappa shape index (κ1) is 9.47. The number of rotatable bonds is 4. The number of nitrogens with one attached hydrogen (secondary N) is 1. The van der Waals surface area contributed by atoms with Gasteiger partial charge in [-0.1, -0.05) is 13.8 Å². The van der Waals surface area contributed by atoms with Crippen molar-refractivity contribution in [2.75, 3.05) is 6.54 Å². The van der Waals surface area contributed by atoms with Gasteiger partial charge in [0.15, 0.2) is 0 Å². The van der Waals surface area contributed by atoms with Crippen molar-refractivity contribution in [1.29, 1.82) is 0 Å². The van der Waals surface area contributed by atoms with Crippen LogP contribution in [0.5, 0.6) is 0 Å². The van der Waals surface area contributed by atoms with Crippen LogP contribution < -0.4 is 5.32 Å². The van der Waals surface area contributed by atoms with E-state index in [1.165, 1.54) is 25.7 Å². The average molecular weight is 183 g/mol. The van der Waals surface area contributed by atoms with Crippen molar-refractivity contribution in [2.45, 2.75) is 57.8 Å². The molecule has 0 amide bonds. The van der Waals surface area contributed by atoms with Crippen LogP contribution in [0, 0.1) is 5.92 Å². The molecule has 2 heteroatoms. The maximum Gasteiger partial charge on any atom is 0.0733 e. The standard InChI is InChI=1S/C11H21NO/c1-8(2)5-6-12-10-7-9-3-4-11(10)13-9/h8-12H,3-7H2,1-2H3. The van der Waals surface area contributed by atoms with Crippen molar-refractivity contribution < 1.29 is 4.74 Å². The molecule has 2 heterocycles. The summed E-state index contributed by atoms with van der Waals surface area (Å²) in [6.07, 6.45) is 6.24. The molecule has 2 nitrogen and oxygen atoms in total. The maximum absolute atomic E-state index is 5.78. The van der Waals surface area contributed by atoms with Gasteiger partial charge < -0.3 is 10.1 Å². The summed E-state index contributed by atoms with van der Waals surface area (Å²) in [7, 11) is 0. The Bertz CT molecular complexity index is 169. The van der Waals surface area contributed by atoms with Crippen LogP contribution in [0.1, 0.15) is 39.5 Å². The predicted octanol–water partition coefficient (Wildman–Crippen LogP) is 1.94. The second kappa shape index (κ2) is 3.97. The summed E-state index contributed by atoms with van der Waals surface area (Å²) in [5.74, 6) is 0.812. The molecule has 0 saturated carbocycles. The fourth-order valence-corrected chi connectivity index (χ4v) is 2.41. The van der Waals surface area contributed by atoms with E-state index in [4.69, 9.17) is 4.74 Å². The van der Waals surface area contributed by atoms with Gasteiger partial charge in [0, 0.05) is 6.04 Å². The van der Waals surface area contributed by atoms with Crippen molar-refractivity contribution in [3.05, 3.63) is 0 Å². The molecule has 13 heavy (non-hydrogen) atoms. The van der Waals surface area contributed by atoms with E-state index in [1.807, 2.05) is 0 Å². The SMILES string of the molecule is CC(C)CCNC1CC2CCC1O2. The van der Waals surface area contributed by atoms with Gasteiger partial charge in [-0.2, -0.15) is 0 Å². The van der Waals surface area contributed by atoms with Gasteiger partial charge in [-0.05, 0) is 38.1 Å². The lowest BCUT2D eigenvalue weighted by Gasteiger charge is -2.20. The molecule has 2 rings (SSSR count). The molecule has 0 radical (unpaired) electrons. The second-order valence-corrected chi connectivity index (χ2v) is 4.85. The summed E-state index contributed by atoms with van der Waals surface area (Å²) in [5.41, 5.74) is 0. The average Bonchev–Trinajstić information content (AvgIpc) is 2.64. The highest BCUT2D eigenvalue weighted by molar-refractivity contribution is 4.93. The van der Waals surface area contributed by atoms with Crippen LogP contribution in [-0.2, 0) is 4.74 Å². The molecule has 3 atom stereocenters. The van der Waals surface area contributed by atoms with Gasteiger partial charge in [-0.25, -0.2) is 0 Å². The van der Waals surface area contributed by atoms with Gasteiger partial charge in [-0.3, -0.25) is 0 Å². The first-order valence-corrected chi connectivity index (χ1v) is 5.64. The lowest BCUT2D eigenvalue weighted by molar-refractivity contribution is 0.0973. The summed E-state index contributed by atoms with van der Waals surface area (Å²) in [6.45, 7) is 5.72. The van der Waals surface area contributed by atoms with E-state index in [2.05, 4.69) is 19.2 Å². The van der Waals surface area contributed by atoms with Crippen LogP contribution in [0.25, 0.3) is 0 Å². The molecule has 0 aromatic rings. The van der Waals surface area contributed by atoms with Crippen LogP contribution in [0.15, 0.2) is 0 Å². The fraction of sp³-hybridized carbons (Fsp3) is 1.00. The first-order valence-electron chi connectivity index (χ1n) is 5.64. The van der Waals surface area contributed by atoms with Gasteiger partial charge in [-0.15, -0.1) is 0 Å². The van der Waals surface area contributed by atoms with Crippen molar-refractivity contribution in [3.8, 4) is 0 Å². The van der Waals surface area contributed by atoms with E-state index in [-0.39, 0.29) is 0 Å². The maximum atomic E-state index is 5.78. The quantitative estimate of drug-likeness (QED) is 0.719. The first-order chi connectivity index (χ1) is 6.25. The number of hydrogen-bond donors (Lipinski definition) is 1. The number of ether oxygens (including phenoxy) is 1.